The van der Waals surface area contributed by atoms with Crippen molar-refractivity contribution < 1.29 is 14.3 Å². The molecule has 1 fully saturated rings. The van der Waals surface area contributed by atoms with E-state index in [-0.39, 0.29) is 18.2 Å². The SMILES string of the molecule is Clc1ccc([C@@H]2OCCNC[C@H]2Cn2cccn2)cc1Cl.O=C=O. The number of carbonyl (C=O) groups excluding carboxylic acids is 2. The number of nitrogens with zero attached hydrogens (tertiary/aromatic N) is 2. The molecule has 0 spiro atoms. The van der Waals surface area contributed by atoms with Crippen molar-refractivity contribution >= 4 is 29.4 Å². The second-order valence-corrected chi connectivity index (χ2v) is 6.05. The van der Waals surface area contributed by atoms with Crippen LogP contribution in [0.5, 0.6) is 0 Å². The van der Waals surface area contributed by atoms with Crippen molar-refractivity contribution in [3.8, 4) is 0 Å². The van der Waals surface area contributed by atoms with Crippen LogP contribution in [0.2, 0.25) is 10.0 Å². The maximum Gasteiger partial charge on any atom is 0.373 e. The summed E-state index contributed by atoms with van der Waals surface area (Å²) in [5.41, 5.74) is 1.06. The van der Waals surface area contributed by atoms with Crippen LogP contribution in [0, 0.1) is 5.92 Å². The molecular formula is C16H17Cl2N3O3. The quantitative estimate of drug-likeness (QED) is 0.899. The van der Waals surface area contributed by atoms with E-state index in [1.54, 1.807) is 6.20 Å². The van der Waals surface area contributed by atoms with Gasteiger partial charge in [-0.05, 0) is 23.8 Å². The first kappa shape index (κ1) is 18.6. The lowest BCUT2D eigenvalue weighted by atomic mass is 9.95. The zero-order valence-electron chi connectivity index (χ0n) is 12.8. The highest BCUT2D eigenvalue weighted by Gasteiger charge is 2.27. The lowest BCUT2D eigenvalue weighted by Crippen LogP contribution is -2.28. The normalized spacial score (nSPS) is 20.4. The van der Waals surface area contributed by atoms with Gasteiger partial charge in [0.2, 0.25) is 0 Å². The Balaban J connectivity index is 0.000000647. The van der Waals surface area contributed by atoms with Crippen LogP contribution in [0.25, 0.3) is 0 Å². The Morgan fingerprint density at radius 3 is 2.79 bits per heavy atom. The average Bonchev–Trinajstić information content (AvgIpc) is 2.96. The van der Waals surface area contributed by atoms with Gasteiger partial charge in [-0.15, -0.1) is 0 Å². The summed E-state index contributed by atoms with van der Waals surface area (Å²) >= 11 is 12.1. The van der Waals surface area contributed by atoms with Crippen LogP contribution in [0.15, 0.2) is 36.7 Å². The molecule has 1 aliphatic heterocycles. The fourth-order valence-electron chi connectivity index (χ4n) is 2.66. The number of hydrogen-bond acceptors (Lipinski definition) is 5. The minimum absolute atomic E-state index is 0.0148. The lowest BCUT2D eigenvalue weighted by molar-refractivity contribution is -0.191. The molecule has 0 amide bonds. The highest BCUT2D eigenvalue weighted by atomic mass is 35.5. The standard InChI is InChI=1S/C15H17Cl2N3O.CO2/c16-13-3-2-11(8-14(13)17)15-12(9-18-5-7-21-15)10-20-6-1-4-19-20;2-1-3/h1-4,6,8,12,15,18H,5,7,9-10H2;/t12-,15-;/m0./s1. The zero-order valence-corrected chi connectivity index (χ0v) is 14.3. The molecule has 6 nitrogen and oxygen atoms in total. The van der Waals surface area contributed by atoms with Gasteiger partial charge >= 0.3 is 6.15 Å². The van der Waals surface area contributed by atoms with Gasteiger partial charge in [0.1, 0.15) is 0 Å². The summed E-state index contributed by atoms with van der Waals surface area (Å²) in [5.74, 6) is 0.282. The van der Waals surface area contributed by atoms with Gasteiger partial charge < -0.3 is 10.1 Å². The molecule has 0 unspecified atom stereocenters. The van der Waals surface area contributed by atoms with Gasteiger partial charge in [-0.2, -0.15) is 14.7 Å². The van der Waals surface area contributed by atoms with E-state index in [1.807, 2.05) is 35.1 Å². The Hall–Kier alpha value is -1.69. The van der Waals surface area contributed by atoms with Gasteiger partial charge in [0.15, 0.2) is 0 Å². The molecule has 24 heavy (non-hydrogen) atoms. The average molecular weight is 370 g/mol. The van der Waals surface area contributed by atoms with Gasteiger partial charge in [0.05, 0.1) is 22.8 Å². The Morgan fingerprint density at radius 1 is 1.33 bits per heavy atom. The summed E-state index contributed by atoms with van der Waals surface area (Å²) in [6, 6.07) is 7.64. The topological polar surface area (TPSA) is 73.2 Å². The molecule has 1 saturated heterocycles. The number of benzene rings is 1. The van der Waals surface area contributed by atoms with Crippen molar-refractivity contribution in [2.75, 3.05) is 19.7 Å². The molecule has 0 aliphatic carbocycles. The molecule has 0 radical (unpaired) electrons. The molecule has 1 aliphatic rings. The molecule has 2 atom stereocenters. The van der Waals surface area contributed by atoms with Crippen LogP contribution in [0.4, 0.5) is 0 Å². The zero-order chi connectivity index (χ0) is 17.4. The molecule has 1 N–H and O–H groups in total. The highest BCUT2D eigenvalue weighted by molar-refractivity contribution is 6.42. The smallest absolute Gasteiger partial charge is 0.372 e. The Labute approximate surface area is 149 Å². The molecule has 3 rings (SSSR count). The number of nitrogens with one attached hydrogen (secondary N) is 1. The summed E-state index contributed by atoms with van der Waals surface area (Å²) in [6.07, 6.45) is 4.00. The first-order valence-electron chi connectivity index (χ1n) is 7.39. The first-order chi connectivity index (χ1) is 11.7. The van der Waals surface area contributed by atoms with Gasteiger partial charge in [0.25, 0.3) is 0 Å². The third-order valence-corrected chi connectivity index (χ3v) is 4.40. The van der Waals surface area contributed by atoms with Crippen LogP contribution in [-0.2, 0) is 20.9 Å². The summed E-state index contributed by atoms with van der Waals surface area (Å²) in [5, 5.41) is 8.83. The van der Waals surface area contributed by atoms with Crippen LogP contribution in [-0.4, -0.2) is 35.6 Å². The first-order valence-corrected chi connectivity index (χ1v) is 8.15. The largest absolute Gasteiger partial charge is 0.373 e. The van der Waals surface area contributed by atoms with E-state index < -0.39 is 0 Å². The highest BCUT2D eigenvalue weighted by Crippen LogP contribution is 2.32. The van der Waals surface area contributed by atoms with Gasteiger partial charge in [-0.1, -0.05) is 29.3 Å². The number of rotatable bonds is 3. The van der Waals surface area contributed by atoms with Crippen LogP contribution < -0.4 is 5.32 Å². The van der Waals surface area contributed by atoms with Crippen molar-refractivity contribution in [2.45, 2.75) is 12.6 Å². The van der Waals surface area contributed by atoms with Gasteiger partial charge in [-0.25, -0.2) is 0 Å². The van der Waals surface area contributed by atoms with E-state index in [0.717, 1.165) is 25.2 Å². The maximum atomic E-state index is 8.12. The fourth-order valence-corrected chi connectivity index (χ4v) is 2.96. The van der Waals surface area contributed by atoms with E-state index in [4.69, 9.17) is 37.5 Å². The molecule has 2 aromatic rings. The van der Waals surface area contributed by atoms with Crippen molar-refractivity contribution in [3.63, 3.8) is 0 Å². The predicted molar refractivity (Wildman–Crippen MR) is 88.7 cm³/mol. The lowest BCUT2D eigenvalue weighted by Gasteiger charge is -2.25. The van der Waals surface area contributed by atoms with Gasteiger partial charge in [-0.3, -0.25) is 4.68 Å². The number of aromatic nitrogens is 2. The van der Waals surface area contributed by atoms with Crippen molar-refractivity contribution in [1.82, 2.24) is 15.1 Å². The molecule has 8 heteroatoms. The maximum absolute atomic E-state index is 8.12. The van der Waals surface area contributed by atoms with Crippen molar-refractivity contribution in [1.29, 1.82) is 0 Å². The minimum atomic E-state index is -0.0148. The summed E-state index contributed by atoms with van der Waals surface area (Å²) in [6.45, 7) is 3.21. The van der Waals surface area contributed by atoms with E-state index >= 15 is 0 Å². The molecule has 1 aromatic heterocycles. The predicted octanol–water partition coefficient (Wildman–Crippen LogP) is 2.58. The molecule has 128 valence electrons. The number of halogens is 2. The molecular weight excluding hydrogens is 353 g/mol. The van der Waals surface area contributed by atoms with E-state index in [9.17, 15) is 0 Å². The van der Waals surface area contributed by atoms with E-state index in [0.29, 0.717) is 16.7 Å². The summed E-state index contributed by atoms with van der Waals surface area (Å²) in [4.78, 5) is 16.2. The third kappa shape index (κ3) is 5.16. The van der Waals surface area contributed by atoms with Gasteiger partial charge in [0, 0.05) is 37.9 Å². The number of ether oxygens (including phenoxy) is 1. The van der Waals surface area contributed by atoms with E-state index in [1.165, 1.54) is 0 Å². The molecule has 0 saturated carbocycles. The molecule has 2 heterocycles. The van der Waals surface area contributed by atoms with E-state index in [2.05, 4.69) is 10.4 Å². The van der Waals surface area contributed by atoms with Crippen LogP contribution in [0.3, 0.4) is 0 Å². The van der Waals surface area contributed by atoms with Crippen LogP contribution >= 0.6 is 23.2 Å². The Bertz CT molecular complexity index is 673. The van der Waals surface area contributed by atoms with Crippen LogP contribution in [0.1, 0.15) is 11.7 Å². The second kappa shape index (κ2) is 9.57. The minimum Gasteiger partial charge on any atom is -0.372 e. The Morgan fingerprint density at radius 2 is 2.12 bits per heavy atom. The summed E-state index contributed by atoms with van der Waals surface area (Å²) in [7, 11) is 0. The monoisotopic (exact) mass is 369 g/mol. The third-order valence-electron chi connectivity index (χ3n) is 3.66. The summed E-state index contributed by atoms with van der Waals surface area (Å²) < 4.78 is 7.98. The fraction of sp³-hybridized carbons (Fsp3) is 0.375. The molecule has 1 aromatic carbocycles. The van der Waals surface area contributed by atoms with Crippen molar-refractivity contribution in [2.24, 2.45) is 5.92 Å². The second-order valence-electron chi connectivity index (χ2n) is 5.24. The Kier molecular flexibility index (Phi) is 7.43. The van der Waals surface area contributed by atoms with Crippen molar-refractivity contribution in [3.05, 3.63) is 52.3 Å². The molecule has 0 bridgehead atoms. The number of hydrogen-bond donors (Lipinski definition) is 1.